The van der Waals surface area contributed by atoms with E-state index in [0.717, 1.165) is 20.0 Å². The van der Waals surface area contributed by atoms with E-state index < -0.39 is 0 Å². The topological polar surface area (TPSA) is 26.0 Å². The summed E-state index contributed by atoms with van der Waals surface area (Å²) in [6.07, 6.45) is 0. The Balaban J connectivity index is 2.34. The molecule has 0 saturated heterocycles. The predicted octanol–water partition coefficient (Wildman–Crippen LogP) is 4.84. The van der Waals surface area contributed by atoms with Gasteiger partial charge in [-0.05, 0) is 46.3 Å². The summed E-state index contributed by atoms with van der Waals surface area (Å²) in [5, 5.41) is 0.698. The fraction of sp³-hybridized carbons (Fsp3) is 0. The van der Waals surface area contributed by atoms with Gasteiger partial charge in [0.15, 0.2) is 0 Å². The number of anilines is 1. The van der Waals surface area contributed by atoms with Gasteiger partial charge in [0.2, 0.25) is 0 Å². The predicted molar refractivity (Wildman–Crippen MR) is 74.1 cm³/mol. The van der Waals surface area contributed by atoms with Crippen LogP contribution in [0.2, 0.25) is 5.02 Å². The minimum atomic E-state index is 0.698. The molecule has 0 saturated carbocycles. The largest absolute Gasteiger partial charge is 0.398 e. The average molecular weight is 315 g/mol. The molecule has 0 fully saturated rings. The molecule has 0 unspecified atom stereocenters. The van der Waals surface area contributed by atoms with E-state index in [2.05, 4.69) is 15.9 Å². The van der Waals surface area contributed by atoms with Gasteiger partial charge in [-0.1, -0.05) is 35.5 Å². The SMILES string of the molecule is Nc1ccc(Cl)cc1Sc1ccccc1Br. The van der Waals surface area contributed by atoms with E-state index in [4.69, 9.17) is 17.3 Å². The second-order valence-corrected chi connectivity index (χ2v) is 5.59. The Hall–Kier alpha value is -0.640. The normalized spacial score (nSPS) is 10.4. The van der Waals surface area contributed by atoms with Crippen molar-refractivity contribution in [3.63, 3.8) is 0 Å². The molecule has 2 N–H and O–H groups in total. The molecule has 0 aromatic heterocycles. The Morgan fingerprint density at radius 2 is 1.81 bits per heavy atom. The average Bonchev–Trinajstić information content (AvgIpc) is 2.27. The minimum absolute atomic E-state index is 0.698. The maximum absolute atomic E-state index is 5.94. The third-order valence-corrected chi connectivity index (χ3v) is 4.37. The Labute approximate surface area is 112 Å². The molecule has 0 bridgehead atoms. The molecule has 2 aromatic carbocycles. The van der Waals surface area contributed by atoms with Crippen LogP contribution in [0.3, 0.4) is 0 Å². The lowest BCUT2D eigenvalue weighted by molar-refractivity contribution is 1.38. The van der Waals surface area contributed by atoms with Crippen LogP contribution in [0.15, 0.2) is 56.7 Å². The number of nitrogen functional groups attached to an aromatic ring is 1. The molecule has 2 rings (SSSR count). The molecule has 1 nitrogen and oxygen atoms in total. The number of benzene rings is 2. The number of rotatable bonds is 2. The lowest BCUT2D eigenvalue weighted by Crippen LogP contribution is -1.87. The molecule has 0 amide bonds. The summed E-state index contributed by atoms with van der Waals surface area (Å²) >= 11 is 11.0. The van der Waals surface area contributed by atoms with Gasteiger partial charge < -0.3 is 5.73 Å². The van der Waals surface area contributed by atoms with Crippen molar-refractivity contribution >= 4 is 45.0 Å². The van der Waals surface area contributed by atoms with E-state index in [1.54, 1.807) is 17.8 Å². The van der Waals surface area contributed by atoms with E-state index >= 15 is 0 Å². The van der Waals surface area contributed by atoms with Crippen LogP contribution in [0.4, 0.5) is 5.69 Å². The highest BCUT2D eigenvalue weighted by atomic mass is 79.9. The van der Waals surface area contributed by atoms with Gasteiger partial charge in [0.05, 0.1) is 0 Å². The van der Waals surface area contributed by atoms with Gasteiger partial charge in [-0.15, -0.1) is 0 Å². The fourth-order valence-corrected chi connectivity index (χ4v) is 2.93. The molecule has 0 aliphatic carbocycles. The lowest BCUT2D eigenvalue weighted by Gasteiger charge is -2.07. The lowest BCUT2D eigenvalue weighted by atomic mass is 10.3. The zero-order chi connectivity index (χ0) is 11.5. The summed E-state index contributed by atoms with van der Waals surface area (Å²) in [4.78, 5) is 2.09. The quantitative estimate of drug-likeness (QED) is 0.803. The van der Waals surface area contributed by atoms with E-state index in [1.807, 2.05) is 36.4 Å². The molecule has 0 radical (unpaired) electrons. The second-order valence-electron chi connectivity index (χ2n) is 3.21. The molecule has 4 heteroatoms. The Kier molecular flexibility index (Phi) is 3.79. The zero-order valence-electron chi connectivity index (χ0n) is 8.28. The van der Waals surface area contributed by atoms with E-state index in [0.29, 0.717) is 5.02 Å². The van der Waals surface area contributed by atoms with Crippen LogP contribution in [0.5, 0.6) is 0 Å². The van der Waals surface area contributed by atoms with Gasteiger partial charge in [0, 0.05) is 25.0 Å². The summed E-state index contributed by atoms with van der Waals surface area (Å²) in [6.45, 7) is 0. The van der Waals surface area contributed by atoms with Crippen molar-refractivity contribution in [1.29, 1.82) is 0 Å². The standard InChI is InChI=1S/C12H9BrClNS/c13-9-3-1-2-4-11(9)16-12-7-8(14)5-6-10(12)15/h1-7H,15H2. The fourth-order valence-electron chi connectivity index (χ4n) is 1.24. The van der Waals surface area contributed by atoms with Crippen molar-refractivity contribution in [2.24, 2.45) is 0 Å². The highest BCUT2D eigenvalue weighted by Crippen LogP contribution is 2.37. The van der Waals surface area contributed by atoms with Crippen LogP contribution in [0.1, 0.15) is 0 Å². The third-order valence-electron chi connectivity index (χ3n) is 2.03. The monoisotopic (exact) mass is 313 g/mol. The first-order chi connectivity index (χ1) is 7.66. The molecule has 0 atom stereocenters. The smallest absolute Gasteiger partial charge is 0.0456 e. The van der Waals surface area contributed by atoms with E-state index in [-0.39, 0.29) is 0 Å². The maximum Gasteiger partial charge on any atom is 0.0456 e. The summed E-state index contributed by atoms with van der Waals surface area (Å²) in [6, 6.07) is 13.5. The Morgan fingerprint density at radius 3 is 2.56 bits per heavy atom. The maximum atomic E-state index is 5.94. The minimum Gasteiger partial charge on any atom is -0.398 e. The van der Waals surface area contributed by atoms with Gasteiger partial charge in [0.25, 0.3) is 0 Å². The molecule has 0 heterocycles. The van der Waals surface area contributed by atoms with Crippen LogP contribution in [0.25, 0.3) is 0 Å². The van der Waals surface area contributed by atoms with Crippen molar-refractivity contribution in [1.82, 2.24) is 0 Å². The van der Waals surface area contributed by atoms with Gasteiger partial charge in [-0.2, -0.15) is 0 Å². The first-order valence-corrected chi connectivity index (χ1v) is 6.63. The highest BCUT2D eigenvalue weighted by molar-refractivity contribution is 9.10. The first-order valence-electron chi connectivity index (χ1n) is 4.64. The number of nitrogens with two attached hydrogens (primary N) is 1. The molecule has 0 spiro atoms. The van der Waals surface area contributed by atoms with Gasteiger partial charge in [0.1, 0.15) is 0 Å². The van der Waals surface area contributed by atoms with Crippen LogP contribution >= 0.6 is 39.3 Å². The molecule has 82 valence electrons. The van der Waals surface area contributed by atoms with Crippen molar-refractivity contribution in [2.45, 2.75) is 9.79 Å². The van der Waals surface area contributed by atoms with E-state index in [1.165, 1.54) is 0 Å². The highest BCUT2D eigenvalue weighted by Gasteiger charge is 2.05. The van der Waals surface area contributed by atoms with Crippen LogP contribution in [-0.4, -0.2) is 0 Å². The van der Waals surface area contributed by atoms with Crippen molar-refractivity contribution < 1.29 is 0 Å². The zero-order valence-corrected chi connectivity index (χ0v) is 11.4. The van der Waals surface area contributed by atoms with Gasteiger partial charge in [-0.25, -0.2) is 0 Å². The summed E-state index contributed by atoms with van der Waals surface area (Å²) in [5.41, 5.74) is 6.63. The summed E-state index contributed by atoms with van der Waals surface area (Å²) < 4.78 is 1.05. The first kappa shape index (κ1) is 11.8. The Bertz CT molecular complexity index is 516. The molecule has 0 aliphatic rings. The van der Waals surface area contributed by atoms with Crippen molar-refractivity contribution in [3.8, 4) is 0 Å². The second kappa shape index (κ2) is 5.13. The summed E-state index contributed by atoms with van der Waals surface area (Å²) in [5.74, 6) is 0. The van der Waals surface area contributed by atoms with Crippen molar-refractivity contribution in [3.05, 3.63) is 52.0 Å². The van der Waals surface area contributed by atoms with Crippen LogP contribution in [0, 0.1) is 0 Å². The molecular formula is C12H9BrClNS. The van der Waals surface area contributed by atoms with Crippen molar-refractivity contribution in [2.75, 3.05) is 5.73 Å². The number of halogens is 2. The Morgan fingerprint density at radius 1 is 1.06 bits per heavy atom. The van der Waals surface area contributed by atoms with Gasteiger partial charge in [-0.3, -0.25) is 0 Å². The number of hydrogen-bond donors (Lipinski definition) is 1. The van der Waals surface area contributed by atoms with Gasteiger partial charge >= 0.3 is 0 Å². The van der Waals surface area contributed by atoms with E-state index in [9.17, 15) is 0 Å². The summed E-state index contributed by atoms with van der Waals surface area (Å²) in [7, 11) is 0. The number of hydrogen-bond acceptors (Lipinski definition) is 2. The third kappa shape index (κ3) is 2.73. The molecule has 0 aliphatic heterocycles. The van der Waals surface area contributed by atoms with Crippen LogP contribution < -0.4 is 5.73 Å². The molecule has 2 aromatic rings. The molecule has 16 heavy (non-hydrogen) atoms. The molecular weight excluding hydrogens is 306 g/mol. The van der Waals surface area contributed by atoms with Crippen LogP contribution in [-0.2, 0) is 0 Å².